The molecule has 0 atom stereocenters. The van der Waals surface area contributed by atoms with Crippen molar-refractivity contribution < 1.29 is 4.39 Å². The molecule has 0 unspecified atom stereocenters. The number of halogens is 2. The van der Waals surface area contributed by atoms with Crippen molar-refractivity contribution in [2.24, 2.45) is 5.73 Å². The minimum atomic E-state index is -0.205. The lowest BCUT2D eigenvalue weighted by Crippen LogP contribution is -2.24. The molecule has 0 heterocycles. The molecule has 0 aromatic heterocycles. The summed E-state index contributed by atoms with van der Waals surface area (Å²) in [4.78, 5) is 0. The minimum absolute atomic E-state index is 0.205. The Hall–Kier alpha value is -0.640. The molecule has 0 radical (unpaired) electrons. The predicted octanol–water partition coefficient (Wildman–Crippen LogP) is 1.57. The van der Waals surface area contributed by atoms with Crippen molar-refractivity contribution in [3.8, 4) is 0 Å². The van der Waals surface area contributed by atoms with Crippen LogP contribution in [0.15, 0.2) is 18.2 Å². The standard InChI is InChI=1S/C10H14ClFN2/c11-9-1-2-10(12)8(7-9)3-5-14-6-4-13/h1-2,7,14H,3-6,13H2. The van der Waals surface area contributed by atoms with Crippen LogP contribution in [0.4, 0.5) is 4.39 Å². The lowest BCUT2D eigenvalue weighted by Gasteiger charge is -2.04. The molecule has 0 fully saturated rings. The summed E-state index contributed by atoms with van der Waals surface area (Å²) >= 11 is 5.75. The Labute approximate surface area is 88.2 Å². The van der Waals surface area contributed by atoms with Crippen molar-refractivity contribution in [2.45, 2.75) is 6.42 Å². The maximum atomic E-state index is 13.2. The van der Waals surface area contributed by atoms with Crippen LogP contribution in [-0.4, -0.2) is 19.6 Å². The van der Waals surface area contributed by atoms with Crippen LogP contribution < -0.4 is 11.1 Å². The zero-order valence-electron chi connectivity index (χ0n) is 7.89. The molecule has 1 aromatic carbocycles. The van der Waals surface area contributed by atoms with E-state index in [9.17, 15) is 4.39 Å². The highest BCUT2D eigenvalue weighted by Gasteiger charge is 2.01. The van der Waals surface area contributed by atoms with Crippen LogP contribution in [0.5, 0.6) is 0 Å². The van der Waals surface area contributed by atoms with Gasteiger partial charge in [-0.05, 0) is 36.7 Å². The van der Waals surface area contributed by atoms with E-state index in [-0.39, 0.29) is 5.82 Å². The Bertz CT molecular complexity index is 291. The van der Waals surface area contributed by atoms with E-state index in [2.05, 4.69) is 5.32 Å². The van der Waals surface area contributed by atoms with Gasteiger partial charge in [-0.2, -0.15) is 0 Å². The van der Waals surface area contributed by atoms with E-state index in [0.29, 0.717) is 30.1 Å². The van der Waals surface area contributed by atoms with E-state index < -0.39 is 0 Å². The van der Waals surface area contributed by atoms with Crippen LogP contribution in [0.2, 0.25) is 5.02 Å². The Morgan fingerprint density at radius 3 is 2.86 bits per heavy atom. The van der Waals surface area contributed by atoms with E-state index >= 15 is 0 Å². The molecule has 0 amide bonds. The van der Waals surface area contributed by atoms with Gasteiger partial charge in [-0.1, -0.05) is 11.6 Å². The van der Waals surface area contributed by atoms with Gasteiger partial charge in [0, 0.05) is 18.1 Å². The second-order valence-electron chi connectivity index (χ2n) is 3.02. The number of benzene rings is 1. The Morgan fingerprint density at radius 2 is 2.14 bits per heavy atom. The van der Waals surface area contributed by atoms with Crippen LogP contribution in [0.1, 0.15) is 5.56 Å². The largest absolute Gasteiger partial charge is 0.329 e. The first-order valence-electron chi connectivity index (χ1n) is 4.58. The molecule has 4 heteroatoms. The monoisotopic (exact) mass is 216 g/mol. The molecule has 0 bridgehead atoms. The predicted molar refractivity (Wildman–Crippen MR) is 57.0 cm³/mol. The number of nitrogens with one attached hydrogen (secondary N) is 1. The molecule has 0 saturated carbocycles. The maximum Gasteiger partial charge on any atom is 0.126 e. The van der Waals surface area contributed by atoms with Gasteiger partial charge < -0.3 is 11.1 Å². The summed E-state index contributed by atoms with van der Waals surface area (Å²) < 4.78 is 13.2. The number of rotatable bonds is 5. The van der Waals surface area contributed by atoms with Crippen LogP contribution in [0, 0.1) is 5.82 Å². The van der Waals surface area contributed by atoms with Crippen LogP contribution in [0.25, 0.3) is 0 Å². The van der Waals surface area contributed by atoms with Gasteiger partial charge >= 0.3 is 0 Å². The van der Waals surface area contributed by atoms with E-state index in [1.54, 1.807) is 12.1 Å². The Balaban J connectivity index is 2.45. The van der Waals surface area contributed by atoms with Crippen molar-refractivity contribution in [3.63, 3.8) is 0 Å². The molecule has 0 saturated heterocycles. The molecule has 78 valence electrons. The number of hydrogen-bond donors (Lipinski definition) is 2. The molecule has 2 nitrogen and oxygen atoms in total. The van der Waals surface area contributed by atoms with E-state index in [1.807, 2.05) is 0 Å². The third-order valence-electron chi connectivity index (χ3n) is 1.90. The molecule has 0 spiro atoms. The van der Waals surface area contributed by atoms with Gasteiger partial charge in [0.1, 0.15) is 5.82 Å². The lowest BCUT2D eigenvalue weighted by molar-refractivity contribution is 0.599. The third-order valence-corrected chi connectivity index (χ3v) is 2.14. The highest BCUT2D eigenvalue weighted by atomic mass is 35.5. The summed E-state index contributed by atoms with van der Waals surface area (Å²) in [6.07, 6.45) is 0.631. The summed E-state index contributed by atoms with van der Waals surface area (Å²) in [7, 11) is 0. The third kappa shape index (κ3) is 3.62. The van der Waals surface area contributed by atoms with Crippen molar-refractivity contribution in [1.82, 2.24) is 5.32 Å². The van der Waals surface area contributed by atoms with Crippen LogP contribution >= 0.6 is 11.6 Å². The Kier molecular flexibility index (Phi) is 4.87. The highest BCUT2D eigenvalue weighted by Crippen LogP contribution is 2.14. The normalized spacial score (nSPS) is 10.5. The summed E-state index contributed by atoms with van der Waals surface area (Å²) in [6, 6.07) is 4.59. The first-order valence-corrected chi connectivity index (χ1v) is 4.96. The average molecular weight is 217 g/mol. The second-order valence-corrected chi connectivity index (χ2v) is 3.46. The van der Waals surface area contributed by atoms with Gasteiger partial charge in [0.05, 0.1) is 0 Å². The van der Waals surface area contributed by atoms with Crippen molar-refractivity contribution in [2.75, 3.05) is 19.6 Å². The average Bonchev–Trinajstić information content (AvgIpc) is 2.18. The van der Waals surface area contributed by atoms with E-state index in [0.717, 1.165) is 6.54 Å². The fraction of sp³-hybridized carbons (Fsp3) is 0.400. The van der Waals surface area contributed by atoms with E-state index in [1.165, 1.54) is 6.07 Å². The molecule has 0 aliphatic rings. The van der Waals surface area contributed by atoms with Crippen molar-refractivity contribution >= 4 is 11.6 Å². The first-order chi connectivity index (χ1) is 6.74. The zero-order chi connectivity index (χ0) is 10.4. The molecule has 3 N–H and O–H groups in total. The summed E-state index contributed by atoms with van der Waals surface area (Å²) in [5.41, 5.74) is 5.95. The van der Waals surface area contributed by atoms with Crippen LogP contribution in [0.3, 0.4) is 0 Å². The SMILES string of the molecule is NCCNCCc1cc(Cl)ccc1F. The van der Waals surface area contributed by atoms with Gasteiger partial charge in [-0.25, -0.2) is 4.39 Å². The van der Waals surface area contributed by atoms with Crippen molar-refractivity contribution in [3.05, 3.63) is 34.6 Å². The lowest BCUT2D eigenvalue weighted by atomic mass is 10.1. The van der Waals surface area contributed by atoms with Gasteiger partial charge in [-0.3, -0.25) is 0 Å². The fourth-order valence-electron chi connectivity index (χ4n) is 1.19. The summed E-state index contributed by atoms with van der Waals surface area (Å²) in [6.45, 7) is 2.06. The molecule has 14 heavy (non-hydrogen) atoms. The fourth-order valence-corrected chi connectivity index (χ4v) is 1.38. The quantitative estimate of drug-likeness (QED) is 0.734. The molecule has 0 aliphatic heterocycles. The van der Waals surface area contributed by atoms with Gasteiger partial charge in [0.15, 0.2) is 0 Å². The molecule has 1 rings (SSSR count). The molecular weight excluding hydrogens is 203 g/mol. The van der Waals surface area contributed by atoms with Crippen LogP contribution in [-0.2, 0) is 6.42 Å². The first kappa shape index (κ1) is 11.4. The van der Waals surface area contributed by atoms with Gasteiger partial charge in [0.2, 0.25) is 0 Å². The molecular formula is C10H14ClFN2. The molecule has 0 aliphatic carbocycles. The maximum absolute atomic E-state index is 13.2. The number of hydrogen-bond acceptors (Lipinski definition) is 2. The summed E-state index contributed by atoms with van der Waals surface area (Å²) in [5, 5.41) is 3.67. The van der Waals surface area contributed by atoms with E-state index in [4.69, 9.17) is 17.3 Å². The Morgan fingerprint density at radius 1 is 1.36 bits per heavy atom. The summed E-state index contributed by atoms with van der Waals surface area (Å²) in [5.74, 6) is -0.205. The smallest absolute Gasteiger partial charge is 0.126 e. The topological polar surface area (TPSA) is 38.0 Å². The highest BCUT2D eigenvalue weighted by molar-refractivity contribution is 6.30. The zero-order valence-corrected chi connectivity index (χ0v) is 8.65. The number of nitrogens with two attached hydrogens (primary N) is 1. The second kappa shape index (κ2) is 5.96. The van der Waals surface area contributed by atoms with Gasteiger partial charge in [-0.15, -0.1) is 0 Å². The van der Waals surface area contributed by atoms with Gasteiger partial charge in [0.25, 0.3) is 0 Å². The molecule has 1 aromatic rings. The van der Waals surface area contributed by atoms with Crippen molar-refractivity contribution in [1.29, 1.82) is 0 Å². The minimum Gasteiger partial charge on any atom is -0.329 e.